The van der Waals surface area contributed by atoms with Gasteiger partial charge in [-0.2, -0.15) is 10.5 Å². The molecule has 0 bridgehead atoms. The van der Waals surface area contributed by atoms with Gasteiger partial charge in [0, 0.05) is 27.3 Å². The van der Waals surface area contributed by atoms with Gasteiger partial charge in [0.15, 0.2) is 6.19 Å². The van der Waals surface area contributed by atoms with E-state index in [0.29, 0.717) is 22.6 Å². The molecule has 9 heteroatoms. The van der Waals surface area contributed by atoms with Crippen molar-refractivity contribution < 1.29 is 27.4 Å². The van der Waals surface area contributed by atoms with Gasteiger partial charge >= 0.3 is 6.36 Å². The first-order valence-electron chi connectivity index (χ1n) is 12.7. The van der Waals surface area contributed by atoms with Gasteiger partial charge in [-0.25, -0.2) is 0 Å². The molecule has 6 nitrogen and oxygen atoms in total. The van der Waals surface area contributed by atoms with Crippen LogP contribution in [-0.2, 0) is 16.0 Å². The molecule has 0 amide bonds. The topological polar surface area (TPSA) is 86.4 Å². The lowest BCUT2D eigenvalue weighted by Gasteiger charge is -2.15. The van der Waals surface area contributed by atoms with Gasteiger partial charge in [0.05, 0.1) is 11.6 Å². The van der Waals surface area contributed by atoms with Crippen molar-refractivity contribution in [3.63, 3.8) is 0 Å². The second-order valence-electron chi connectivity index (χ2n) is 9.31. The number of halogens is 3. The van der Waals surface area contributed by atoms with Crippen molar-refractivity contribution in [2.24, 2.45) is 11.8 Å². The van der Waals surface area contributed by atoms with Crippen LogP contribution in [0.5, 0.6) is 5.75 Å². The van der Waals surface area contributed by atoms with E-state index in [9.17, 15) is 18.4 Å². The quantitative estimate of drug-likeness (QED) is 0.288. The summed E-state index contributed by atoms with van der Waals surface area (Å²) >= 11 is 0. The third kappa shape index (κ3) is 14.2. The molecule has 2 unspecified atom stereocenters. The van der Waals surface area contributed by atoms with Crippen LogP contribution in [-0.4, -0.2) is 44.9 Å². The number of aldehydes is 1. The second-order valence-corrected chi connectivity index (χ2v) is 9.31. The Kier molecular flexibility index (Phi) is 16.9. The number of ether oxygens (including phenoxy) is 2. The van der Waals surface area contributed by atoms with Crippen molar-refractivity contribution in [1.29, 1.82) is 10.5 Å². The average Bonchev–Trinajstić information content (AvgIpc) is 3.31. The van der Waals surface area contributed by atoms with E-state index in [0.717, 1.165) is 49.3 Å². The summed E-state index contributed by atoms with van der Waals surface area (Å²) in [6.45, 7) is 11.7. The maximum atomic E-state index is 12.4. The standard InChI is InChI=1S/C20H20F3NO.C6H10N2.C2H6O.C2H4O/c1-4-13(2)8-19-14(3)9-16(10-17(19)12-24)15-6-5-7-18(11-15)25-20(21,22)23;1-6-2-3-8(4-6)5-7;1-3-2;1-2-3/h5-7,9-11,13H,4,8H2,1-3H3;6H,2-4H2,1H3;1-2H3;2H,1H3. The lowest BCUT2D eigenvalue weighted by Crippen LogP contribution is -2.17. The molecule has 1 aliphatic heterocycles. The van der Waals surface area contributed by atoms with Gasteiger partial charge in [0.1, 0.15) is 12.0 Å². The summed E-state index contributed by atoms with van der Waals surface area (Å²) in [5.41, 5.74) is 3.82. The van der Waals surface area contributed by atoms with Crippen molar-refractivity contribution in [2.75, 3.05) is 27.3 Å². The van der Waals surface area contributed by atoms with E-state index in [1.807, 2.05) is 17.9 Å². The molecule has 0 aliphatic carbocycles. The third-order valence-electron chi connectivity index (χ3n) is 5.81. The van der Waals surface area contributed by atoms with E-state index in [4.69, 9.17) is 10.1 Å². The maximum Gasteiger partial charge on any atom is 0.573 e. The highest BCUT2D eigenvalue weighted by molar-refractivity contribution is 5.69. The predicted molar refractivity (Wildman–Crippen MR) is 147 cm³/mol. The van der Waals surface area contributed by atoms with Gasteiger partial charge in [-0.05, 0) is 79.0 Å². The minimum atomic E-state index is -4.73. The zero-order chi connectivity index (χ0) is 30.0. The van der Waals surface area contributed by atoms with Crippen molar-refractivity contribution in [2.45, 2.75) is 60.2 Å². The molecule has 1 saturated heterocycles. The van der Waals surface area contributed by atoms with Gasteiger partial charge in [0.25, 0.3) is 0 Å². The molecule has 1 fully saturated rings. The van der Waals surface area contributed by atoms with Gasteiger partial charge in [0.2, 0.25) is 0 Å². The number of methoxy groups -OCH3 is 1. The highest BCUT2D eigenvalue weighted by atomic mass is 19.4. The highest BCUT2D eigenvalue weighted by Gasteiger charge is 2.31. The molecular formula is C30H40F3N3O3. The van der Waals surface area contributed by atoms with Crippen LogP contribution in [0.25, 0.3) is 11.1 Å². The summed E-state index contributed by atoms with van der Waals surface area (Å²) < 4.78 is 45.4. The van der Waals surface area contributed by atoms with Gasteiger partial charge in [-0.15, -0.1) is 13.2 Å². The molecule has 1 heterocycles. The molecule has 2 aromatic carbocycles. The smallest absolute Gasteiger partial charge is 0.406 e. The molecule has 214 valence electrons. The average molecular weight is 548 g/mol. The third-order valence-corrected chi connectivity index (χ3v) is 5.81. The predicted octanol–water partition coefficient (Wildman–Crippen LogP) is 7.30. The number of hydrogen-bond acceptors (Lipinski definition) is 6. The van der Waals surface area contributed by atoms with Crippen LogP contribution in [0, 0.1) is 41.5 Å². The number of aryl methyl sites for hydroxylation is 1. The van der Waals surface area contributed by atoms with Crippen LogP contribution in [0.4, 0.5) is 13.2 Å². The second kappa shape index (κ2) is 18.7. The summed E-state index contributed by atoms with van der Waals surface area (Å²) in [5.74, 6) is 0.916. The number of nitrogens with zero attached hydrogens (tertiary/aromatic N) is 3. The Morgan fingerprint density at radius 2 is 1.79 bits per heavy atom. The Morgan fingerprint density at radius 1 is 1.18 bits per heavy atom. The number of rotatable bonds is 5. The Labute approximate surface area is 230 Å². The number of alkyl halides is 3. The molecule has 0 radical (unpaired) electrons. The van der Waals surface area contributed by atoms with Crippen molar-refractivity contribution >= 4 is 6.29 Å². The zero-order valence-corrected chi connectivity index (χ0v) is 23.9. The Hall–Kier alpha value is -3.56. The number of hydrogen-bond donors (Lipinski definition) is 0. The Balaban J connectivity index is 0.000000846. The number of nitriles is 2. The molecule has 2 atom stereocenters. The first-order valence-corrected chi connectivity index (χ1v) is 12.7. The van der Waals surface area contributed by atoms with Crippen LogP contribution < -0.4 is 4.74 Å². The van der Waals surface area contributed by atoms with E-state index in [-0.39, 0.29) is 5.75 Å². The van der Waals surface area contributed by atoms with E-state index in [1.54, 1.807) is 26.4 Å². The maximum absolute atomic E-state index is 12.4. The van der Waals surface area contributed by atoms with Crippen LogP contribution in [0.2, 0.25) is 0 Å². The van der Waals surface area contributed by atoms with Crippen molar-refractivity contribution in [3.05, 3.63) is 53.1 Å². The van der Waals surface area contributed by atoms with Crippen LogP contribution in [0.3, 0.4) is 0 Å². The van der Waals surface area contributed by atoms with Gasteiger partial charge in [-0.3, -0.25) is 0 Å². The molecule has 0 aromatic heterocycles. The van der Waals surface area contributed by atoms with Gasteiger partial charge in [-0.1, -0.05) is 45.4 Å². The minimum absolute atomic E-state index is 0.273. The summed E-state index contributed by atoms with van der Waals surface area (Å²) in [7, 11) is 3.25. The van der Waals surface area contributed by atoms with E-state index in [1.165, 1.54) is 31.5 Å². The SMILES string of the molecule is CC1CCN(C#N)C1.CC=O.CCC(C)Cc1c(C)cc(-c2cccc(OC(F)(F)F)c2)cc1C#N.COC. The number of carbonyl (C=O) groups is 1. The van der Waals surface area contributed by atoms with Crippen LogP contribution >= 0.6 is 0 Å². The number of carbonyl (C=O) groups excluding carboxylic acids is 1. The fourth-order valence-corrected chi connectivity index (χ4v) is 3.75. The zero-order valence-electron chi connectivity index (χ0n) is 23.9. The largest absolute Gasteiger partial charge is 0.573 e. The molecule has 2 aromatic rings. The summed E-state index contributed by atoms with van der Waals surface area (Å²) in [4.78, 5) is 10.6. The first kappa shape index (κ1) is 35.4. The van der Waals surface area contributed by atoms with Crippen molar-refractivity contribution in [1.82, 2.24) is 4.90 Å². The summed E-state index contributed by atoms with van der Waals surface area (Å²) in [6.07, 6.45) is 1.16. The lowest BCUT2D eigenvalue weighted by molar-refractivity contribution is -0.274. The van der Waals surface area contributed by atoms with Crippen molar-refractivity contribution in [3.8, 4) is 29.1 Å². The monoisotopic (exact) mass is 547 g/mol. The highest BCUT2D eigenvalue weighted by Crippen LogP contribution is 2.31. The molecule has 3 rings (SSSR count). The summed E-state index contributed by atoms with van der Waals surface area (Å²) in [5, 5.41) is 17.8. The fourth-order valence-electron chi connectivity index (χ4n) is 3.75. The van der Waals surface area contributed by atoms with Gasteiger partial charge < -0.3 is 19.2 Å². The first-order chi connectivity index (χ1) is 18.4. The molecule has 0 saturated carbocycles. The van der Waals surface area contributed by atoms with E-state index >= 15 is 0 Å². The summed E-state index contributed by atoms with van der Waals surface area (Å²) in [6, 6.07) is 11.7. The Morgan fingerprint density at radius 3 is 2.23 bits per heavy atom. The van der Waals surface area contributed by atoms with Crippen LogP contribution in [0.15, 0.2) is 36.4 Å². The molecule has 0 spiro atoms. The molecular weight excluding hydrogens is 507 g/mol. The van der Waals surface area contributed by atoms with E-state index in [2.05, 4.69) is 42.5 Å². The molecule has 0 N–H and O–H groups in total. The normalized spacial score (nSPS) is 14.6. The number of likely N-dealkylation sites (tertiary alicyclic amines) is 1. The minimum Gasteiger partial charge on any atom is -0.406 e. The fraction of sp³-hybridized carbons (Fsp3) is 0.500. The Bertz CT molecular complexity index is 1090. The molecule has 1 aliphatic rings. The van der Waals surface area contributed by atoms with Crippen LogP contribution in [0.1, 0.15) is 57.2 Å². The lowest BCUT2D eigenvalue weighted by atomic mass is 9.89. The number of benzene rings is 2. The van der Waals surface area contributed by atoms with E-state index < -0.39 is 6.36 Å². The molecule has 39 heavy (non-hydrogen) atoms.